The van der Waals surface area contributed by atoms with Crippen molar-refractivity contribution in [3.63, 3.8) is 0 Å². The Labute approximate surface area is 513 Å². The summed E-state index contributed by atoms with van der Waals surface area (Å²) < 4.78 is 68.3. The monoisotopic (exact) mass is 1180 g/mol. The highest BCUT2D eigenvalue weighted by atomic mass is 35.5. The topological polar surface area (TPSA) is 71.7 Å². The van der Waals surface area contributed by atoms with Gasteiger partial charge >= 0.3 is 6.18 Å². The molecule has 0 saturated heterocycles. The van der Waals surface area contributed by atoms with Crippen molar-refractivity contribution in [3.8, 4) is 11.8 Å². The zero-order valence-electron chi connectivity index (χ0n) is 53.8. The molecule has 0 aliphatic carbocycles. The molecule has 0 bridgehead atoms. The molecule has 0 unspecified atom stereocenters. The highest BCUT2D eigenvalue weighted by Crippen LogP contribution is 2.35. The van der Waals surface area contributed by atoms with Crippen molar-refractivity contribution < 1.29 is 26.7 Å². The van der Waals surface area contributed by atoms with Gasteiger partial charge in [0.05, 0.1) is 30.0 Å². The Bertz CT molecular complexity index is 3020. The highest BCUT2D eigenvalue weighted by molar-refractivity contribution is 6.31. The van der Waals surface area contributed by atoms with E-state index in [4.69, 9.17) is 21.6 Å². The summed E-state index contributed by atoms with van der Waals surface area (Å²) in [5.41, 5.74) is 8.24. The molecule has 0 radical (unpaired) electrons. The molecular weight excluding hydrogens is 1090 g/mol. The maximum Gasteiger partial charge on any atom is 0.416 e. The molecule has 2 aromatic heterocycles. The number of ether oxygens (including phenoxy) is 1. The molecule has 85 heavy (non-hydrogen) atoms. The lowest BCUT2D eigenvalue weighted by Crippen LogP contribution is -2.15. The number of pyridine rings is 1. The Morgan fingerprint density at radius 2 is 0.835 bits per heavy atom. The first-order chi connectivity index (χ1) is 39.9. The number of para-hydroxylation sites is 1. The number of aromatic nitrogens is 3. The van der Waals surface area contributed by atoms with Crippen molar-refractivity contribution in [2.24, 2.45) is 0 Å². The predicted molar refractivity (Wildman–Crippen MR) is 348 cm³/mol. The van der Waals surface area contributed by atoms with E-state index in [2.05, 4.69) is 134 Å². The number of hydrogen-bond donors (Lipinski definition) is 0. The van der Waals surface area contributed by atoms with E-state index in [1.54, 1.807) is 57.7 Å². The van der Waals surface area contributed by atoms with E-state index in [0.29, 0.717) is 40.8 Å². The quantitative estimate of drug-likeness (QED) is 0.142. The van der Waals surface area contributed by atoms with Crippen molar-refractivity contribution in [3.05, 3.63) is 261 Å². The third kappa shape index (κ3) is 29.0. The first-order valence-electron chi connectivity index (χ1n) is 29.1. The second kappa shape index (κ2) is 39.4. The molecule has 6 aromatic carbocycles. The molecular formula is C74H94ClF5N4O. The number of hydrogen-bond acceptors (Lipinski definition) is 5. The van der Waals surface area contributed by atoms with Gasteiger partial charge < -0.3 is 4.74 Å². The fourth-order valence-corrected chi connectivity index (χ4v) is 8.53. The van der Waals surface area contributed by atoms with Crippen LogP contribution in [0.5, 0.6) is 5.75 Å². The summed E-state index contributed by atoms with van der Waals surface area (Å²) in [7, 11) is 1.71. The number of halogens is 6. The molecule has 0 spiro atoms. The number of aryl methyl sites for hydroxylation is 1. The van der Waals surface area contributed by atoms with Gasteiger partial charge in [-0.15, -0.1) is 0 Å². The van der Waals surface area contributed by atoms with Gasteiger partial charge in [0, 0.05) is 34.9 Å². The minimum atomic E-state index is -4.24. The van der Waals surface area contributed by atoms with E-state index in [1.807, 2.05) is 113 Å². The second-order valence-electron chi connectivity index (χ2n) is 23.2. The number of benzene rings is 6. The molecule has 8 aromatic rings. The number of methoxy groups -OCH3 is 1. The van der Waals surface area contributed by atoms with Crippen molar-refractivity contribution >= 4 is 11.6 Å². The van der Waals surface area contributed by atoms with Crippen LogP contribution >= 0.6 is 11.6 Å². The fourth-order valence-electron chi connectivity index (χ4n) is 8.17. The molecule has 0 atom stereocenters. The van der Waals surface area contributed by atoms with E-state index >= 15 is 0 Å². The maximum absolute atomic E-state index is 13.0. The van der Waals surface area contributed by atoms with Crippen LogP contribution in [0.15, 0.2) is 182 Å². The van der Waals surface area contributed by atoms with Crippen molar-refractivity contribution in [1.29, 1.82) is 5.26 Å². The number of rotatable bonds is 8. The maximum atomic E-state index is 13.0. The van der Waals surface area contributed by atoms with Gasteiger partial charge in [-0.05, 0) is 130 Å². The summed E-state index contributed by atoms with van der Waals surface area (Å²) in [6.07, 6.45) is 0.912. The molecule has 0 amide bonds. The van der Waals surface area contributed by atoms with Gasteiger partial charge in [0.15, 0.2) is 0 Å². The van der Waals surface area contributed by atoms with Crippen molar-refractivity contribution in [1.82, 2.24) is 15.0 Å². The first kappa shape index (κ1) is 75.8. The average Bonchev–Trinajstić information content (AvgIpc) is 3.61. The van der Waals surface area contributed by atoms with Gasteiger partial charge in [0.2, 0.25) is 0 Å². The lowest BCUT2D eigenvalue weighted by molar-refractivity contribution is -0.138. The largest absolute Gasteiger partial charge is 0.496 e. The minimum absolute atomic E-state index is 0.0992. The molecule has 0 aliphatic rings. The summed E-state index contributed by atoms with van der Waals surface area (Å²) in [4.78, 5) is 12.1. The molecule has 0 fully saturated rings. The lowest BCUT2D eigenvalue weighted by Gasteiger charge is -2.17. The van der Waals surface area contributed by atoms with Crippen LogP contribution in [0.2, 0.25) is 5.02 Å². The zero-order chi connectivity index (χ0) is 64.5. The van der Waals surface area contributed by atoms with E-state index in [-0.39, 0.29) is 28.9 Å². The van der Waals surface area contributed by atoms with Crippen LogP contribution in [0.1, 0.15) is 221 Å². The lowest BCUT2D eigenvalue weighted by atomic mass is 9.91. The summed E-state index contributed by atoms with van der Waals surface area (Å²) in [6, 6.07) is 52.0. The van der Waals surface area contributed by atoms with E-state index in [0.717, 1.165) is 39.4 Å². The second-order valence-corrected chi connectivity index (χ2v) is 23.6. The van der Waals surface area contributed by atoms with Crippen LogP contribution in [0.4, 0.5) is 22.0 Å². The molecule has 11 heteroatoms. The molecule has 8 rings (SSSR count). The Morgan fingerprint density at radius 1 is 0.435 bits per heavy atom. The normalized spacial score (nSPS) is 10.7. The number of nitriles is 1. The van der Waals surface area contributed by atoms with Gasteiger partial charge in [-0.25, -0.2) is 18.7 Å². The Balaban J connectivity index is 0.000000487. The average molecular weight is 1190 g/mol. The van der Waals surface area contributed by atoms with Gasteiger partial charge in [-0.1, -0.05) is 245 Å². The fraction of sp³-hybridized carbons (Fsp3) is 0.378. The Hall–Kier alpha value is -7.22. The summed E-state index contributed by atoms with van der Waals surface area (Å²) >= 11 is 5.92. The van der Waals surface area contributed by atoms with Crippen LogP contribution in [-0.4, -0.2) is 22.1 Å². The molecule has 2 heterocycles. The standard InChI is InChI=1S/C10H11F3.C10H11N.C10H14O.C10H14.C9H11Cl.C9H12FN.C9H11F.C7H10N2/c1-7(2)8-5-3-4-6-9(8)10(11,12)13;1-8(2)10-6-4-3-5-9(10)7-11;1-8(2)9-6-4-5-7-10(9)11-3;1-8(2)10-7-5-4-6-9(10)3;1-7(2)8-5-3-4-6-9(8)10;1-9(2,3)8-7(10)5-4-6-11-8;1-7(2)8-5-3-4-6-9(8)10;1-6(2)7-8-4-3-5-9-7/h3-7H,1-2H3;3-6,8H,1-2H3;4-8H,1-3H3;4-8H,1-3H3;3-7H,1-2H3;4-6H,1-3H3;3-7H,1-2H3;3-6H,1-2H3. The van der Waals surface area contributed by atoms with Crippen LogP contribution < -0.4 is 4.74 Å². The SMILES string of the molecule is CC(C)(C)c1ncccc1F.CC(C)c1ccccc1C#N.CC(C)c1ccccc1C(F)(F)F.CC(C)c1ccccc1Cl.CC(C)c1ccccc1F.CC(C)c1ncccn1.COc1ccccc1C(C)C.Cc1ccccc1C(C)C. The summed E-state index contributed by atoms with van der Waals surface area (Å²) in [5.74, 6) is 4.34. The van der Waals surface area contributed by atoms with E-state index < -0.39 is 11.7 Å². The van der Waals surface area contributed by atoms with Gasteiger partial charge in [-0.3, -0.25) is 4.98 Å². The van der Waals surface area contributed by atoms with Gasteiger partial charge in [-0.2, -0.15) is 18.4 Å². The van der Waals surface area contributed by atoms with Crippen molar-refractivity contribution in [2.75, 3.05) is 7.11 Å². The first-order valence-corrected chi connectivity index (χ1v) is 29.5. The van der Waals surface area contributed by atoms with Gasteiger partial charge in [0.25, 0.3) is 0 Å². The number of nitrogens with zero attached hydrogens (tertiary/aromatic N) is 4. The smallest absolute Gasteiger partial charge is 0.416 e. The molecule has 0 aliphatic heterocycles. The predicted octanol–water partition coefficient (Wildman–Crippen LogP) is 23.0. The van der Waals surface area contributed by atoms with Crippen molar-refractivity contribution in [2.45, 2.75) is 178 Å². The summed E-state index contributed by atoms with van der Waals surface area (Å²) in [5, 5.41) is 9.59. The van der Waals surface area contributed by atoms with Crippen LogP contribution in [0.3, 0.4) is 0 Å². The van der Waals surface area contributed by atoms with Gasteiger partial charge in [0.1, 0.15) is 23.2 Å². The third-order valence-electron chi connectivity index (χ3n) is 12.8. The molecule has 458 valence electrons. The third-order valence-corrected chi connectivity index (χ3v) is 13.1. The summed E-state index contributed by atoms with van der Waals surface area (Å²) in [6.45, 7) is 36.9. The van der Waals surface area contributed by atoms with Crippen LogP contribution in [0.25, 0.3) is 0 Å². The minimum Gasteiger partial charge on any atom is -0.496 e. The van der Waals surface area contributed by atoms with E-state index in [1.165, 1.54) is 46.5 Å². The Kier molecular flexibility index (Phi) is 35.1. The van der Waals surface area contributed by atoms with Crippen LogP contribution in [0, 0.1) is 29.9 Å². The van der Waals surface area contributed by atoms with Crippen LogP contribution in [-0.2, 0) is 11.6 Å². The molecule has 0 N–H and O–H groups in total. The highest BCUT2D eigenvalue weighted by Gasteiger charge is 2.33. The van der Waals surface area contributed by atoms with E-state index in [9.17, 15) is 22.0 Å². The zero-order valence-corrected chi connectivity index (χ0v) is 54.6. The molecule has 5 nitrogen and oxygen atoms in total. The molecule has 0 saturated carbocycles. The number of alkyl halides is 3. The Morgan fingerprint density at radius 3 is 1.18 bits per heavy atom.